The van der Waals surface area contributed by atoms with Crippen LogP contribution in [-0.4, -0.2) is 105 Å². The summed E-state index contributed by atoms with van der Waals surface area (Å²) < 4.78 is 32.0. The molecular formula is C19H39N5O3S. The van der Waals surface area contributed by atoms with E-state index in [0.717, 1.165) is 25.6 Å². The van der Waals surface area contributed by atoms with Gasteiger partial charge in [-0.15, -0.1) is 0 Å². The minimum absolute atomic E-state index is 0.0495. The molecule has 8 nitrogen and oxygen atoms in total. The summed E-state index contributed by atoms with van der Waals surface area (Å²) >= 11 is 0. The van der Waals surface area contributed by atoms with Gasteiger partial charge < -0.3 is 15.0 Å². The Morgan fingerprint density at radius 1 is 1.18 bits per heavy atom. The summed E-state index contributed by atoms with van der Waals surface area (Å²) in [6, 6.07) is 0.529. The molecular weight excluding hydrogens is 378 g/mol. The summed E-state index contributed by atoms with van der Waals surface area (Å²) in [5, 5.41) is 3.38. The lowest BCUT2D eigenvalue weighted by Crippen LogP contribution is -2.54. The maximum absolute atomic E-state index is 12.5. The smallest absolute Gasteiger partial charge is 0.216 e. The molecule has 1 N–H and O–H groups in total. The number of rotatable bonds is 9. The Balaban J connectivity index is 1.88. The first-order valence-corrected chi connectivity index (χ1v) is 12.3. The summed E-state index contributed by atoms with van der Waals surface area (Å²) in [5.74, 6) is 0.957. The molecule has 0 aromatic rings. The van der Waals surface area contributed by atoms with Crippen LogP contribution < -0.4 is 5.32 Å². The summed E-state index contributed by atoms with van der Waals surface area (Å²) in [7, 11) is -3.26. The Bertz CT molecular complexity index is 588. The maximum atomic E-state index is 12.5. The molecule has 0 saturated carbocycles. The van der Waals surface area contributed by atoms with E-state index in [1.54, 1.807) is 4.31 Å². The van der Waals surface area contributed by atoms with Gasteiger partial charge in [-0.05, 0) is 46.7 Å². The van der Waals surface area contributed by atoms with Crippen molar-refractivity contribution in [1.29, 1.82) is 0 Å². The van der Waals surface area contributed by atoms with E-state index in [9.17, 15) is 8.42 Å². The fourth-order valence-corrected chi connectivity index (χ4v) is 5.12. The number of likely N-dealkylation sites (N-methyl/N-ethyl adjacent to an activating group) is 1. The van der Waals surface area contributed by atoms with Crippen molar-refractivity contribution in [1.82, 2.24) is 19.4 Å². The van der Waals surface area contributed by atoms with Crippen LogP contribution in [0.4, 0.5) is 0 Å². The van der Waals surface area contributed by atoms with Gasteiger partial charge in [-0.3, -0.25) is 9.89 Å². The van der Waals surface area contributed by atoms with E-state index in [2.05, 4.69) is 29.0 Å². The van der Waals surface area contributed by atoms with Crippen LogP contribution in [0.1, 0.15) is 40.5 Å². The van der Waals surface area contributed by atoms with Gasteiger partial charge >= 0.3 is 0 Å². The Morgan fingerprint density at radius 2 is 1.89 bits per heavy atom. The van der Waals surface area contributed by atoms with Crippen molar-refractivity contribution >= 4 is 16.0 Å². The number of piperazine rings is 1. The van der Waals surface area contributed by atoms with Crippen LogP contribution in [0.3, 0.4) is 0 Å². The van der Waals surface area contributed by atoms with Crippen molar-refractivity contribution in [3.05, 3.63) is 0 Å². The van der Waals surface area contributed by atoms with Gasteiger partial charge in [-0.1, -0.05) is 6.92 Å². The second-order valence-corrected chi connectivity index (χ2v) is 9.83. The summed E-state index contributed by atoms with van der Waals surface area (Å²) in [6.07, 6.45) is 2.51. The van der Waals surface area contributed by atoms with Crippen LogP contribution in [-0.2, 0) is 14.8 Å². The molecule has 0 amide bonds. The molecule has 0 aromatic carbocycles. The Labute approximate surface area is 171 Å². The van der Waals surface area contributed by atoms with Crippen molar-refractivity contribution < 1.29 is 13.2 Å². The molecule has 0 aliphatic carbocycles. The highest BCUT2D eigenvalue weighted by Gasteiger charge is 2.28. The van der Waals surface area contributed by atoms with Gasteiger partial charge in [-0.2, -0.15) is 4.31 Å². The van der Waals surface area contributed by atoms with Crippen molar-refractivity contribution in [2.45, 2.75) is 52.7 Å². The lowest BCUT2D eigenvalue weighted by Gasteiger charge is -2.36. The first-order chi connectivity index (χ1) is 13.4. The Hall–Kier alpha value is -0.900. The molecule has 0 aromatic heterocycles. The van der Waals surface area contributed by atoms with Crippen LogP contribution in [0, 0.1) is 0 Å². The maximum Gasteiger partial charge on any atom is 0.216 e. The second kappa shape index (κ2) is 11.3. The third kappa shape index (κ3) is 6.86. The van der Waals surface area contributed by atoms with Gasteiger partial charge in [0.15, 0.2) is 5.96 Å². The molecule has 0 bridgehead atoms. The predicted octanol–water partition coefficient (Wildman–Crippen LogP) is 0.809. The highest BCUT2D eigenvalue weighted by Crippen LogP contribution is 2.17. The molecule has 2 heterocycles. The number of nitrogens with one attached hydrogen (secondary N) is 1. The molecule has 164 valence electrons. The Kier molecular flexibility index (Phi) is 9.46. The molecule has 1 unspecified atom stereocenters. The van der Waals surface area contributed by atoms with E-state index in [4.69, 9.17) is 9.73 Å². The van der Waals surface area contributed by atoms with E-state index in [1.807, 2.05) is 13.8 Å². The zero-order valence-electron chi connectivity index (χ0n) is 18.1. The quantitative estimate of drug-likeness (QED) is 0.442. The third-order valence-corrected chi connectivity index (χ3v) is 7.25. The zero-order chi connectivity index (χ0) is 20.6. The number of aliphatic imine (C=N–C) groups is 1. The zero-order valence-corrected chi connectivity index (χ0v) is 18.9. The highest BCUT2D eigenvalue weighted by molar-refractivity contribution is 7.89. The van der Waals surface area contributed by atoms with E-state index < -0.39 is 10.0 Å². The lowest BCUT2D eigenvalue weighted by atomic mass is 10.2. The SMILES string of the molecule is CCNC(=NCC1CCCN1CC)N1CCN(S(=O)(=O)CCOC(C)C)CC1. The van der Waals surface area contributed by atoms with Crippen LogP contribution in [0.2, 0.25) is 0 Å². The highest BCUT2D eigenvalue weighted by atomic mass is 32.2. The second-order valence-electron chi connectivity index (χ2n) is 7.74. The Morgan fingerprint density at radius 3 is 2.50 bits per heavy atom. The predicted molar refractivity (Wildman–Crippen MR) is 114 cm³/mol. The van der Waals surface area contributed by atoms with E-state index in [-0.39, 0.29) is 18.5 Å². The molecule has 0 spiro atoms. The summed E-state index contributed by atoms with van der Waals surface area (Å²) in [6.45, 7) is 14.5. The number of nitrogens with zero attached hydrogens (tertiary/aromatic N) is 4. The van der Waals surface area contributed by atoms with Gasteiger partial charge in [0, 0.05) is 38.8 Å². The minimum atomic E-state index is -3.26. The van der Waals surface area contributed by atoms with Crippen LogP contribution in [0.25, 0.3) is 0 Å². The molecule has 28 heavy (non-hydrogen) atoms. The molecule has 0 radical (unpaired) electrons. The lowest BCUT2D eigenvalue weighted by molar-refractivity contribution is 0.0904. The first-order valence-electron chi connectivity index (χ1n) is 10.7. The van der Waals surface area contributed by atoms with E-state index in [0.29, 0.717) is 32.2 Å². The molecule has 2 aliphatic rings. The molecule has 2 aliphatic heterocycles. The van der Waals surface area contributed by atoms with Gasteiger partial charge in [0.25, 0.3) is 0 Å². The van der Waals surface area contributed by atoms with Crippen LogP contribution >= 0.6 is 0 Å². The van der Waals surface area contributed by atoms with E-state index >= 15 is 0 Å². The van der Waals surface area contributed by atoms with E-state index in [1.165, 1.54) is 19.4 Å². The number of hydrogen-bond donors (Lipinski definition) is 1. The van der Waals surface area contributed by atoms with Crippen LogP contribution in [0.5, 0.6) is 0 Å². The number of ether oxygens (including phenoxy) is 1. The average molecular weight is 418 g/mol. The minimum Gasteiger partial charge on any atom is -0.378 e. The molecule has 2 saturated heterocycles. The molecule has 2 rings (SSSR count). The van der Waals surface area contributed by atoms with Crippen LogP contribution in [0.15, 0.2) is 4.99 Å². The molecule has 1 atom stereocenters. The molecule has 9 heteroatoms. The van der Waals surface area contributed by atoms with Gasteiger partial charge in [0.1, 0.15) is 0 Å². The standard InChI is InChI=1S/C19H39N5O3S/c1-5-20-19(21-16-18-8-7-9-22(18)6-2)23-10-12-24(13-11-23)28(25,26)15-14-27-17(3)4/h17-18H,5-16H2,1-4H3,(H,20,21). The average Bonchev–Trinajstić information content (AvgIpc) is 3.12. The summed E-state index contributed by atoms with van der Waals surface area (Å²) in [4.78, 5) is 9.56. The number of sulfonamides is 1. The number of likely N-dealkylation sites (tertiary alicyclic amines) is 1. The number of guanidine groups is 1. The van der Waals surface area contributed by atoms with Crippen molar-refractivity contribution in [2.75, 3.05) is 64.7 Å². The molecule has 2 fully saturated rings. The monoisotopic (exact) mass is 417 g/mol. The summed E-state index contributed by atoms with van der Waals surface area (Å²) in [5.41, 5.74) is 0. The van der Waals surface area contributed by atoms with Gasteiger partial charge in [-0.25, -0.2) is 8.42 Å². The normalized spacial score (nSPS) is 23.0. The first kappa shape index (κ1) is 23.4. The van der Waals surface area contributed by atoms with Crippen molar-refractivity contribution in [2.24, 2.45) is 4.99 Å². The fourth-order valence-electron chi connectivity index (χ4n) is 3.83. The van der Waals surface area contributed by atoms with Crippen molar-refractivity contribution in [3.8, 4) is 0 Å². The fraction of sp³-hybridized carbons (Fsp3) is 0.947. The topological polar surface area (TPSA) is 77.5 Å². The number of hydrogen-bond acceptors (Lipinski definition) is 5. The third-order valence-electron chi connectivity index (χ3n) is 5.42. The van der Waals surface area contributed by atoms with Crippen molar-refractivity contribution in [3.63, 3.8) is 0 Å². The largest absolute Gasteiger partial charge is 0.378 e. The van der Waals surface area contributed by atoms with Gasteiger partial charge in [0.2, 0.25) is 10.0 Å². The van der Waals surface area contributed by atoms with Gasteiger partial charge in [0.05, 0.1) is 25.0 Å².